The van der Waals surface area contributed by atoms with Crippen molar-refractivity contribution < 1.29 is 0 Å². The van der Waals surface area contributed by atoms with Gasteiger partial charge in [-0.05, 0) is 42.7 Å². The second kappa shape index (κ2) is 6.69. The van der Waals surface area contributed by atoms with Gasteiger partial charge in [0, 0.05) is 10.9 Å². The Morgan fingerprint density at radius 3 is 3.17 bits per heavy atom. The fraction of sp³-hybridized carbons (Fsp3) is 0.500. The van der Waals surface area contributed by atoms with Crippen LogP contribution in [0.4, 0.5) is 5.69 Å². The molecule has 98 valence electrons. The van der Waals surface area contributed by atoms with E-state index >= 15 is 0 Å². The van der Waals surface area contributed by atoms with E-state index in [0.717, 1.165) is 18.7 Å². The topological polar surface area (TPSA) is 50.4 Å². The summed E-state index contributed by atoms with van der Waals surface area (Å²) in [6.45, 7) is 2.98. The summed E-state index contributed by atoms with van der Waals surface area (Å²) in [6.07, 6.45) is 3.62. The van der Waals surface area contributed by atoms with E-state index in [1.54, 1.807) is 0 Å². The number of benzene rings is 1. The number of anilines is 1. The number of nitrogens with zero attached hydrogens (tertiary/aromatic N) is 1. The zero-order valence-electron chi connectivity index (χ0n) is 10.9. The van der Waals surface area contributed by atoms with E-state index in [2.05, 4.69) is 29.4 Å². The van der Waals surface area contributed by atoms with Crippen molar-refractivity contribution in [2.75, 3.05) is 17.6 Å². The normalized spacial score (nSPS) is 20.1. The quantitative estimate of drug-likeness (QED) is 0.649. The van der Waals surface area contributed by atoms with Gasteiger partial charge in [0.2, 0.25) is 0 Å². The second-order valence-corrected chi connectivity index (χ2v) is 5.95. The summed E-state index contributed by atoms with van der Waals surface area (Å²) in [5.41, 5.74) is 8.23. The number of hydrogen-bond acceptors (Lipinski definition) is 2. The first-order valence-corrected chi connectivity index (χ1v) is 7.60. The summed E-state index contributed by atoms with van der Waals surface area (Å²) in [6, 6.07) is 8.30. The van der Waals surface area contributed by atoms with Gasteiger partial charge < -0.3 is 11.1 Å². The van der Waals surface area contributed by atoms with Crippen LogP contribution >= 0.6 is 11.8 Å². The molecule has 3 nitrogen and oxygen atoms in total. The molecule has 18 heavy (non-hydrogen) atoms. The highest BCUT2D eigenvalue weighted by Crippen LogP contribution is 2.26. The predicted octanol–water partition coefficient (Wildman–Crippen LogP) is 2.87. The highest BCUT2D eigenvalue weighted by molar-refractivity contribution is 8.00. The molecule has 1 fully saturated rings. The zero-order valence-corrected chi connectivity index (χ0v) is 11.7. The first-order chi connectivity index (χ1) is 8.78. The lowest BCUT2D eigenvalue weighted by molar-refractivity contribution is 0.786. The lowest BCUT2D eigenvalue weighted by Gasteiger charge is -2.08. The van der Waals surface area contributed by atoms with E-state index in [1.165, 1.54) is 24.2 Å². The van der Waals surface area contributed by atoms with Crippen LogP contribution in [-0.2, 0) is 6.42 Å². The van der Waals surface area contributed by atoms with Crippen LogP contribution in [0.15, 0.2) is 29.3 Å². The molecule has 1 aliphatic rings. The van der Waals surface area contributed by atoms with Crippen molar-refractivity contribution in [2.45, 2.75) is 31.4 Å². The summed E-state index contributed by atoms with van der Waals surface area (Å²) < 4.78 is 0. The highest BCUT2D eigenvalue weighted by Gasteiger charge is 2.14. The summed E-state index contributed by atoms with van der Waals surface area (Å²) in [5, 5.41) is 3.82. The summed E-state index contributed by atoms with van der Waals surface area (Å²) in [4.78, 5) is 4.42. The molecule has 1 unspecified atom stereocenters. The molecule has 0 aliphatic carbocycles. The van der Waals surface area contributed by atoms with Gasteiger partial charge in [0.1, 0.15) is 0 Å². The van der Waals surface area contributed by atoms with Crippen LogP contribution in [0.1, 0.15) is 25.3 Å². The van der Waals surface area contributed by atoms with Gasteiger partial charge in [-0.3, -0.25) is 4.99 Å². The minimum absolute atomic E-state index is 0.524. The van der Waals surface area contributed by atoms with E-state index in [0.29, 0.717) is 11.2 Å². The SMILES string of the molecule is CCc1cccc(NC(N)=NCC2CCCS2)c1. The molecule has 3 N–H and O–H groups in total. The van der Waals surface area contributed by atoms with Crippen LogP contribution in [-0.4, -0.2) is 23.5 Å². The van der Waals surface area contributed by atoms with E-state index in [9.17, 15) is 0 Å². The molecule has 0 spiro atoms. The molecular weight excluding hydrogens is 242 g/mol. The molecular formula is C14H21N3S. The molecule has 1 aliphatic heterocycles. The Kier molecular flexibility index (Phi) is 4.93. The molecule has 0 radical (unpaired) electrons. The number of aliphatic imine (C=N–C) groups is 1. The third-order valence-electron chi connectivity index (χ3n) is 3.10. The highest BCUT2D eigenvalue weighted by atomic mass is 32.2. The third-order valence-corrected chi connectivity index (χ3v) is 4.48. The maximum atomic E-state index is 5.90. The fourth-order valence-electron chi connectivity index (χ4n) is 2.04. The van der Waals surface area contributed by atoms with Gasteiger partial charge in [-0.15, -0.1) is 0 Å². The van der Waals surface area contributed by atoms with Gasteiger partial charge in [0.25, 0.3) is 0 Å². The second-order valence-electron chi connectivity index (χ2n) is 4.54. The predicted molar refractivity (Wildman–Crippen MR) is 81.4 cm³/mol. The van der Waals surface area contributed by atoms with Gasteiger partial charge in [0.05, 0.1) is 6.54 Å². The van der Waals surface area contributed by atoms with Crippen molar-refractivity contribution >= 4 is 23.4 Å². The van der Waals surface area contributed by atoms with Crippen molar-refractivity contribution in [2.24, 2.45) is 10.7 Å². The minimum atomic E-state index is 0.524. The summed E-state index contributed by atoms with van der Waals surface area (Å²) in [7, 11) is 0. The van der Waals surface area contributed by atoms with Crippen LogP contribution in [0.2, 0.25) is 0 Å². The Labute approximate surface area is 113 Å². The van der Waals surface area contributed by atoms with Gasteiger partial charge in [-0.2, -0.15) is 11.8 Å². The first-order valence-electron chi connectivity index (χ1n) is 6.55. The maximum absolute atomic E-state index is 5.90. The lowest BCUT2D eigenvalue weighted by Crippen LogP contribution is -2.24. The number of aryl methyl sites for hydroxylation is 1. The van der Waals surface area contributed by atoms with Crippen LogP contribution in [0.3, 0.4) is 0 Å². The van der Waals surface area contributed by atoms with E-state index in [4.69, 9.17) is 5.73 Å². The zero-order chi connectivity index (χ0) is 12.8. The standard InChI is InChI=1S/C14H21N3S/c1-2-11-5-3-6-12(9-11)17-14(15)16-10-13-7-4-8-18-13/h3,5-6,9,13H,2,4,7-8,10H2,1H3,(H3,15,16,17). The molecule has 0 bridgehead atoms. The van der Waals surface area contributed by atoms with Crippen molar-refractivity contribution in [1.29, 1.82) is 0 Å². The molecule has 0 amide bonds. The Morgan fingerprint density at radius 1 is 1.56 bits per heavy atom. The molecule has 0 aromatic heterocycles. The van der Waals surface area contributed by atoms with E-state index in [-0.39, 0.29) is 0 Å². The largest absolute Gasteiger partial charge is 0.370 e. The Balaban J connectivity index is 1.88. The van der Waals surface area contributed by atoms with E-state index < -0.39 is 0 Å². The van der Waals surface area contributed by atoms with Gasteiger partial charge in [0.15, 0.2) is 5.96 Å². The van der Waals surface area contributed by atoms with Crippen molar-refractivity contribution in [3.05, 3.63) is 29.8 Å². The van der Waals surface area contributed by atoms with E-state index in [1.807, 2.05) is 23.9 Å². The van der Waals surface area contributed by atoms with Gasteiger partial charge >= 0.3 is 0 Å². The maximum Gasteiger partial charge on any atom is 0.193 e. The smallest absolute Gasteiger partial charge is 0.193 e. The monoisotopic (exact) mass is 263 g/mol. The number of guanidine groups is 1. The molecule has 4 heteroatoms. The molecule has 2 rings (SSSR count). The Morgan fingerprint density at radius 2 is 2.44 bits per heavy atom. The molecule has 1 saturated heterocycles. The first kappa shape index (κ1) is 13.3. The van der Waals surface area contributed by atoms with Crippen LogP contribution in [0, 0.1) is 0 Å². The number of nitrogens with two attached hydrogens (primary N) is 1. The molecule has 1 aromatic rings. The average Bonchev–Trinajstić information content (AvgIpc) is 2.90. The molecule has 0 saturated carbocycles. The number of hydrogen-bond donors (Lipinski definition) is 2. The number of thioether (sulfide) groups is 1. The van der Waals surface area contributed by atoms with Gasteiger partial charge in [-0.1, -0.05) is 19.1 Å². The molecule has 1 atom stereocenters. The summed E-state index contributed by atoms with van der Waals surface area (Å²) >= 11 is 2.01. The van der Waals surface area contributed by atoms with Crippen molar-refractivity contribution in [3.63, 3.8) is 0 Å². The summed E-state index contributed by atoms with van der Waals surface area (Å²) in [5.74, 6) is 1.79. The third kappa shape index (κ3) is 3.95. The molecule has 1 aromatic carbocycles. The fourth-order valence-corrected chi connectivity index (χ4v) is 3.22. The average molecular weight is 263 g/mol. The Hall–Kier alpha value is -1.16. The van der Waals surface area contributed by atoms with Crippen LogP contribution in [0.5, 0.6) is 0 Å². The van der Waals surface area contributed by atoms with Crippen molar-refractivity contribution in [3.8, 4) is 0 Å². The number of nitrogens with one attached hydrogen (secondary N) is 1. The van der Waals surface area contributed by atoms with Crippen molar-refractivity contribution in [1.82, 2.24) is 0 Å². The lowest BCUT2D eigenvalue weighted by atomic mass is 10.1. The van der Waals surface area contributed by atoms with Crippen LogP contribution < -0.4 is 11.1 Å². The minimum Gasteiger partial charge on any atom is -0.370 e. The number of rotatable bonds is 4. The van der Waals surface area contributed by atoms with Crippen LogP contribution in [0.25, 0.3) is 0 Å². The Bertz CT molecular complexity index is 411. The van der Waals surface area contributed by atoms with Gasteiger partial charge in [-0.25, -0.2) is 0 Å². The molecule has 1 heterocycles.